The zero-order valence-corrected chi connectivity index (χ0v) is 10.1. The third-order valence-electron chi connectivity index (χ3n) is 4.46. The SMILES string of the molecule is CCC(CC)CC(N)C1CC2CCC1O2. The van der Waals surface area contributed by atoms with E-state index in [1.54, 1.807) is 0 Å². The third kappa shape index (κ3) is 2.36. The standard InChI is InChI=1S/C13H25NO/c1-3-9(4-2)7-12(14)11-8-10-5-6-13(11)15-10/h9-13H,3-8,14H2,1-2H3. The van der Waals surface area contributed by atoms with Crippen LogP contribution in [0.4, 0.5) is 0 Å². The number of nitrogens with two attached hydrogens (primary N) is 1. The highest BCUT2D eigenvalue weighted by atomic mass is 16.5. The molecule has 2 bridgehead atoms. The van der Waals surface area contributed by atoms with Gasteiger partial charge in [-0.2, -0.15) is 0 Å². The van der Waals surface area contributed by atoms with E-state index in [4.69, 9.17) is 10.5 Å². The smallest absolute Gasteiger partial charge is 0.0623 e. The molecule has 0 aromatic carbocycles. The molecule has 2 rings (SSSR count). The lowest BCUT2D eigenvalue weighted by Gasteiger charge is -2.27. The molecule has 4 unspecified atom stereocenters. The van der Waals surface area contributed by atoms with Crippen LogP contribution >= 0.6 is 0 Å². The van der Waals surface area contributed by atoms with Crippen molar-refractivity contribution in [2.24, 2.45) is 17.6 Å². The first-order chi connectivity index (χ1) is 7.24. The maximum Gasteiger partial charge on any atom is 0.0623 e. The van der Waals surface area contributed by atoms with Crippen LogP contribution in [0.3, 0.4) is 0 Å². The Hall–Kier alpha value is -0.0800. The van der Waals surface area contributed by atoms with Gasteiger partial charge in [-0.25, -0.2) is 0 Å². The molecule has 0 aliphatic carbocycles. The molecule has 0 radical (unpaired) electrons. The Morgan fingerprint density at radius 3 is 2.47 bits per heavy atom. The van der Waals surface area contributed by atoms with E-state index in [1.807, 2.05) is 0 Å². The molecule has 0 aromatic heterocycles. The van der Waals surface area contributed by atoms with Gasteiger partial charge in [0, 0.05) is 12.0 Å². The van der Waals surface area contributed by atoms with Crippen LogP contribution in [0.2, 0.25) is 0 Å². The molecule has 0 spiro atoms. The van der Waals surface area contributed by atoms with E-state index in [-0.39, 0.29) is 0 Å². The first kappa shape index (κ1) is 11.4. The number of fused-ring (bicyclic) bond motifs is 2. The van der Waals surface area contributed by atoms with Crippen molar-refractivity contribution in [3.63, 3.8) is 0 Å². The highest BCUT2D eigenvalue weighted by Crippen LogP contribution is 2.41. The summed E-state index contributed by atoms with van der Waals surface area (Å²) in [7, 11) is 0. The van der Waals surface area contributed by atoms with E-state index in [1.165, 1.54) is 38.5 Å². The van der Waals surface area contributed by atoms with Gasteiger partial charge in [-0.1, -0.05) is 26.7 Å². The molecule has 2 N–H and O–H groups in total. The summed E-state index contributed by atoms with van der Waals surface area (Å²) in [6.07, 6.45) is 8.55. The van der Waals surface area contributed by atoms with Crippen LogP contribution < -0.4 is 5.73 Å². The van der Waals surface area contributed by atoms with Gasteiger partial charge < -0.3 is 10.5 Å². The number of hydrogen-bond acceptors (Lipinski definition) is 2. The minimum atomic E-state index is 0.380. The van der Waals surface area contributed by atoms with Crippen molar-refractivity contribution in [1.82, 2.24) is 0 Å². The van der Waals surface area contributed by atoms with Crippen LogP contribution in [0.5, 0.6) is 0 Å². The summed E-state index contributed by atoms with van der Waals surface area (Å²) >= 11 is 0. The molecule has 0 amide bonds. The van der Waals surface area contributed by atoms with Gasteiger partial charge in [0.25, 0.3) is 0 Å². The highest BCUT2D eigenvalue weighted by molar-refractivity contribution is 4.94. The molecule has 88 valence electrons. The van der Waals surface area contributed by atoms with Crippen molar-refractivity contribution in [2.75, 3.05) is 0 Å². The van der Waals surface area contributed by atoms with Crippen molar-refractivity contribution in [2.45, 2.75) is 70.6 Å². The third-order valence-corrected chi connectivity index (χ3v) is 4.46. The largest absolute Gasteiger partial charge is 0.375 e. The Balaban J connectivity index is 1.83. The molecule has 2 fully saturated rings. The summed E-state index contributed by atoms with van der Waals surface area (Å²) in [4.78, 5) is 0. The summed E-state index contributed by atoms with van der Waals surface area (Å²) in [6, 6.07) is 0.380. The molecule has 15 heavy (non-hydrogen) atoms. The molecule has 2 aliphatic heterocycles. The summed E-state index contributed by atoms with van der Waals surface area (Å²) in [5.41, 5.74) is 6.34. The van der Waals surface area contributed by atoms with Gasteiger partial charge in [-0.3, -0.25) is 0 Å². The second kappa shape index (κ2) is 4.84. The Bertz CT molecular complexity index is 203. The first-order valence-electron chi connectivity index (χ1n) is 6.65. The average Bonchev–Trinajstić information content (AvgIpc) is 2.87. The lowest BCUT2D eigenvalue weighted by atomic mass is 9.80. The minimum absolute atomic E-state index is 0.380. The molecule has 2 nitrogen and oxygen atoms in total. The van der Waals surface area contributed by atoms with E-state index in [0.29, 0.717) is 24.2 Å². The molecule has 2 heteroatoms. The van der Waals surface area contributed by atoms with Crippen LogP contribution in [0.1, 0.15) is 52.4 Å². The van der Waals surface area contributed by atoms with Crippen LogP contribution in [0, 0.1) is 11.8 Å². The maximum absolute atomic E-state index is 6.34. The van der Waals surface area contributed by atoms with Gasteiger partial charge in [-0.15, -0.1) is 0 Å². The fourth-order valence-electron chi connectivity index (χ4n) is 3.31. The molecule has 0 saturated carbocycles. The quantitative estimate of drug-likeness (QED) is 0.759. The molecule has 2 saturated heterocycles. The van der Waals surface area contributed by atoms with Crippen LogP contribution in [0.25, 0.3) is 0 Å². The number of ether oxygens (including phenoxy) is 1. The fraction of sp³-hybridized carbons (Fsp3) is 1.00. The number of rotatable bonds is 5. The normalized spacial score (nSPS) is 36.4. The average molecular weight is 211 g/mol. The highest BCUT2D eigenvalue weighted by Gasteiger charge is 2.43. The van der Waals surface area contributed by atoms with Gasteiger partial charge in [0.1, 0.15) is 0 Å². The van der Waals surface area contributed by atoms with E-state index in [2.05, 4.69) is 13.8 Å². The minimum Gasteiger partial charge on any atom is -0.375 e. The Kier molecular flexibility index (Phi) is 3.68. The molecule has 0 aromatic rings. The Labute approximate surface area is 93.6 Å². The first-order valence-corrected chi connectivity index (χ1v) is 6.65. The lowest BCUT2D eigenvalue weighted by Crippen LogP contribution is -2.37. The molecule has 2 heterocycles. The van der Waals surface area contributed by atoms with E-state index in [0.717, 1.165) is 5.92 Å². The molecular weight excluding hydrogens is 186 g/mol. The van der Waals surface area contributed by atoms with E-state index in [9.17, 15) is 0 Å². The van der Waals surface area contributed by atoms with Crippen LogP contribution in [-0.2, 0) is 4.74 Å². The monoisotopic (exact) mass is 211 g/mol. The van der Waals surface area contributed by atoms with Gasteiger partial charge >= 0.3 is 0 Å². The van der Waals surface area contributed by atoms with Crippen molar-refractivity contribution < 1.29 is 4.74 Å². The zero-order valence-electron chi connectivity index (χ0n) is 10.1. The summed E-state index contributed by atoms with van der Waals surface area (Å²) in [5.74, 6) is 1.48. The van der Waals surface area contributed by atoms with Gasteiger partial charge in [0.15, 0.2) is 0 Å². The predicted octanol–water partition coefficient (Wildman–Crippen LogP) is 2.71. The molecular formula is C13H25NO. The van der Waals surface area contributed by atoms with Gasteiger partial charge in [0.05, 0.1) is 12.2 Å². The maximum atomic E-state index is 6.34. The van der Waals surface area contributed by atoms with Crippen molar-refractivity contribution in [3.8, 4) is 0 Å². The molecule has 2 aliphatic rings. The van der Waals surface area contributed by atoms with Crippen LogP contribution in [-0.4, -0.2) is 18.2 Å². The fourth-order valence-corrected chi connectivity index (χ4v) is 3.31. The topological polar surface area (TPSA) is 35.2 Å². The molecule has 4 atom stereocenters. The Morgan fingerprint density at radius 2 is 2.00 bits per heavy atom. The zero-order chi connectivity index (χ0) is 10.8. The number of hydrogen-bond donors (Lipinski definition) is 1. The van der Waals surface area contributed by atoms with Crippen molar-refractivity contribution in [3.05, 3.63) is 0 Å². The second-order valence-electron chi connectivity index (χ2n) is 5.36. The van der Waals surface area contributed by atoms with Crippen LogP contribution in [0.15, 0.2) is 0 Å². The van der Waals surface area contributed by atoms with Gasteiger partial charge in [-0.05, 0) is 31.6 Å². The lowest BCUT2D eigenvalue weighted by molar-refractivity contribution is 0.0866. The second-order valence-corrected chi connectivity index (χ2v) is 5.36. The van der Waals surface area contributed by atoms with Crippen molar-refractivity contribution in [1.29, 1.82) is 0 Å². The summed E-state index contributed by atoms with van der Waals surface area (Å²) in [5, 5.41) is 0. The van der Waals surface area contributed by atoms with Crippen molar-refractivity contribution >= 4 is 0 Å². The van der Waals surface area contributed by atoms with E-state index >= 15 is 0 Å². The predicted molar refractivity (Wildman–Crippen MR) is 62.7 cm³/mol. The summed E-state index contributed by atoms with van der Waals surface area (Å²) < 4.78 is 5.87. The van der Waals surface area contributed by atoms with Gasteiger partial charge in [0.2, 0.25) is 0 Å². The Morgan fingerprint density at radius 1 is 1.27 bits per heavy atom. The van der Waals surface area contributed by atoms with E-state index < -0.39 is 0 Å². The summed E-state index contributed by atoms with van der Waals surface area (Å²) in [6.45, 7) is 4.55.